The Morgan fingerprint density at radius 3 is 2.28 bits per heavy atom. The summed E-state index contributed by atoms with van der Waals surface area (Å²) in [5.41, 5.74) is -0.924. The number of carbonyl (C=O) groups excluding carboxylic acids is 1. The zero-order chi connectivity index (χ0) is 23.5. The molecule has 1 amide bonds. The number of para-hydroxylation sites is 1. The quantitative estimate of drug-likeness (QED) is 0.459. The van der Waals surface area contributed by atoms with Crippen LogP contribution in [0, 0.1) is 0 Å². The van der Waals surface area contributed by atoms with Crippen LogP contribution < -0.4 is 9.62 Å². The smallest absolute Gasteiger partial charge is 0.325 e. The van der Waals surface area contributed by atoms with E-state index in [1.165, 1.54) is 30.3 Å². The van der Waals surface area contributed by atoms with Crippen molar-refractivity contribution >= 4 is 50.5 Å². The maximum Gasteiger partial charge on any atom is 0.416 e. The minimum Gasteiger partial charge on any atom is -0.325 e. The molecule has 0 radical (unpaired) electrons. The third-order valence-corrected chi connectivity index (χ3v) is 6.76. The van der Waals surface area contributed by atoms with Crippen LogP contribution >= 0.6 is 23.2 Å². The number of amides is 1. The number of rotatable bonds is 6. The number of nitrogens with one attached hydrogen (secondary N) is 1. The van der Waals surface area contributed by atoms with Gasteiger partial charge in [0.2, 0.25) is 5.91 Å². The van der Waals surface area contributed by atoms with Crippen molar-refractivity contribution in [1.29, 1.82) is 0 Å². The fraction of sp³-hybridized carbons (Fsp3) is 0.0952. The summed E-state index contributed by atoms with van der Waals surface area (Å²) in [4.78, 5) is 12.3. The van der Waals surface area contributed by atoms with E-state index in [-0.39, 0.29) is 26.3 Å². The van der Waals surface area contributed by atoms with Crippen molar-refractivity contribution in [3.8, 4) is 0 Å². The van der Waals surface area contributed by atoms with Crippen LogP contribution in [0.5, 0.6) is 0 Å². The summed E-state index contributed by atoms with van der Waals surface area (Å²) in [6.45, 7) is -0.717. The van der Waals surface area contributed by atoms with Gasteiger partial charge in [-0.2, -0.15) is 13.2 Å². The van der Waals surface area contributed by atoms with Crippen LogP contribution in [-0.4, -0.2) is 20.9 Å². The lowest BCUT2D eigenvalue weighted by atomic mass is 10.2. The molecule has 3 rings (SSSR count). The monoisotopic (exact) mass is 502 g/mol. The fourth-order valence-electron chi connectivity index (χ4n) is 2.81. The predicted octanol–water partition coefficient (Wildman–Crippen LogP) is 5.85. The van der Waals surface area contributed by atoms with Gasteiger partial charge in [-0.05, 0) is 48.5 Å². The topological polar surface area (TPSA) is 66.5 Å². The van der Waals surface area contributed by atoms with E-state index in [2.05, 4.69) is 5.32 Å². The zero-order valence-corrected chi connectivity index (χ0v) is 18.4. The molecule has 32 heavy (non-hydrogen) atoms. The highest BCUT2D eigenvalue weighted by Crippen LogP contribution is 2.32. The van der Waals surface area contributed by atoms with Gasteiger partial charge in [0.15, 0.2) is 0 Å². The summed E-state index contributed by atoms with van der Waals surface area (Å²) in [7, 11) is -4.35. The van der Waals surface area contributed by atoms with E-state index in [0.717, 1.165) is 28.6 Å². The van der Waals surface area contributed by atoms with Crippen molar-refractivity contribution in [3.05, 3.63) is 88.4 Å². The average molecular weight is 503 g/mol. The summed E-state index contributed by atoms with van der Waals surface area (Å²) in [5, 5.41) is 2.32. The van der Waals surface area contributed by atoms with Crippen LogP contribution in [0.3, 0.4) is 0 Å². The summed E-state index contributed by atoms with van der Waals surface area (Å²) >= 11 is 12.0. The van der Waals surface area contributed by atoms with E-state index >= 15 is 0 Å². The molecule has 0 saturated carbocycles. The van der Waals surface area contributed by atoms with Crippen molar-refractivity contribution in [2.24, 2.45) is 0 Å². The number of hydrogen-bond donors (Lipinski definition) is 1. The first kappa shape index (κ1) is 23.9. The Balaban J connectivity index is 1.94. The normalized spacial score (nSPS) is 11.8. The van der Waals surface area contributed by atoms with Crippen LogP contribution in [0.1, 0.15) is 5.56 Å². The predicted molar refractivity (Wildman–Crippen MR) is 118 cm³/mol. The molecule has 0 aliphatic carbocycles. The first-order chi connectivity index (χ1) is 15.0. The Labute approximate surface area is 192 Å². The van der Waals surface area contributed by atoms with E-state index < -0.39 is 34.2 Å². The number of alkyl halides is 3. The number of sulfonamides is 1. The second-order valence-electron chi connectivity index (χ2n) is 6.55. The van der Waals surface area contributed by atoms with Gasteiger partial charge in [0.1, 0.15) is 11.4 Å². The molecule has 0 aliphatic heterocycles. The third kappa shape index (κ3) is 5.53. The molecule has 5 nitrogen and oxygen atoms in total. The number of carbonyl (C=O) groups is 1. The van der Waals surface area contributed by atoms with Gasteiger partial charge in [-0.3, -0.25) is 9.10 Å². The molecule has 168 valence electrons. The number of benzene rings is 3. The minimum atomic E-state index is -4.59. The Bertz CT molecular complexity index is 1240. The van der Waals surface area contributed by atoms with Crippen molar-refractivity contribution in [3.63, 3.8) is 0 Å². The van der Waals surface area contributed by atoms with Crippen molar-refractivity contribution in [1.82, 2.24) is 0 Å². The van der Waals surface area contributed by atoms with Crippen molar-refractivity contribution < 1.29 is 26.4 Å². The first-order valence-corrected chi connectivity index (χ1v) is 11.2. The lowest BCUT2D eigenvalue weighted by Crippen LogP contribution is -2.38. The molecular weight excluding hydrogens is 488 g/mol. The molecule has 0 spiro atoms. The zero-order valence-electron chi connectivity index (χ0n) is 16.1. The minimum absolute atomic E-state index is 0.103. The van der Waals surface area contributed by atoms with Crippen LogP contribution in [0.15, 0.2) is 77.7 Å². The third-order valence-electron chi connectivity index (χ3n) is 4.27. The summed E-state index contributed by atoms with van der Waals surface area (Å²) < 4.78 is 66.2. The molecular formula is C21H15Cl2F3N2O3S. The Morgan fingerprint density at radius 2 is 1.62 bits per heavy atom. The molecule has 3 aromatic rings. The molecule has 0 fully saturated rings. The van der Waals surface area contributed by atoms with Crippen molar-refractivity contribution in [2.75, 3.05) is 16.2 Å². The van der Waals surface area contributed by atoms with E-state index in [9.17, 15) is 26.4 Å². The molecule has 0 aliphatic rings. The standard InChI is InChI=1S/C21H15Cl2F3N2O3S/c22-15-9-10-18(23)19(12-15)32(30,31)28(17-7-2-1-3-8-17)13-20(29)27-16-6-4-5-14(11-16)21(24,25)26/h1-12H,13H2,(H,27,29). The van der Waals surface area contributed by atoms with Gasteiger partial charge in [-0.25, -0.2) is 8.42 Å². The summed E-state index contributed by atoms with van der Waals surface area (Å²) in [6.07, 6.45) is -4.59. The Kier molecular flexibility index (Phi) is 7.02. The van der Waals surface area contributed by atoms with Crippen LogP contribution in [0.2, 0.25) is 10.0 Å². The van der Waals surface area contributed by atoms with Gasteiger partial charge >= 0.3 is 6.18 Å². The van der Waals surface area contributed by atoms with Gasteiger partial charge in [0.25, 0.3) is 10.0 Å². The summed E-state index contributed by atoms with van der Waals surface area (Å²) in [6, 6.07) is 15.6. The molecule has 11 heteroatoms. The summed E-state index contributed by atoms with van der Waals surface area (Å²) in [5.74, 6) is -0.852. The molecule has 1 N–H and O–H groups in total. The van der Waals surface area contributed by atoms with Crippen LogP contribution in [0.25, 0.3) is 0 Å². The molecule has 0 unspecified atom stereocenters. The SMILES string of the molecule is O=C(CN(c1ccccc1)S(=O)(=O)c1cc(Cl)ccc1Cl)Nc1cccc(C(F)(F)F)c1. The second-order valence-corrected chi connectivity index (χ2v) is 9.22. The highest BCUT2D eigenvalue weighted by molar-refractivity contribution is 7.93. The van der Waals surface area contributed by atoms with E-state index in [0.29, 0.717) is 0 Å². The van der Waals surface area contributed by atoms with Crippen LogP contribution in [0.4, 0.5) is 24.5 Å². The van der Waals surface area contributed by atoms with E-state index in [1.54, 1.807) is 18.2 Å². The lowest BCUT2D eigenvalue weighted by molar-refractivity contribution is -0.137. The maximum atomic E-state index is 13.3. The van der Waals surface area contributed by atoms with E-state index in [1.807, 2.05) is 0 Å². The average Bonchev–Trinajstić information content (AvgIpc) is 2.74. The van der Waals surface area contributed by atoms with Gasteiger partial charge in [0, 0.05) is 10.7 Å². The largest absolute Gasteiger partial charge is 0.416 e. The van der Waals surface area contributed by atoms with Gasteiger partial charge in [-0.1, -0.05) is 47.5 Å². The maximum absolute atomic E-state index is 13.3. The highest BCUT2D eigenvalue weighted by Gasteiger charge is 2.31. The molecule has 0 aromatic heterocycles. The number of halogens is 5. The number of anilines is 2. The molecule has 3 aromatic carbocycles. The fourth-order valence-corrected chi connectivity index (χ4v) is 4.97. The Morgan fingerprint density at radius 1 is 0.938 bits per heavy atom. The molecule has 0 atom stereocenters. The van der Waals surface area contributed by atoms with Crippen LogP contribution in [-0.2, 0) is 21.0 Å². The Hall–Kier alpha value is -2.75. The number of nitrogens with zero attached hydrogens (tertiary/aromatic N) is 1. The van der Waals surface area contributed by atoms with E-state index in [4.69, 9.17) is 23.2 Å². The lowest BCUT2D eigenvalue weighted by Gasteiger charge is -2.24. The van der Waals surface area contributed by atoms with Gasteiger partial charge in [-0.15, -0.1) is 0 Å². The molecule has 0 bridgehead atoms. The molecule has 0 heterocycles. The highest BCUT2D eigenvalue weighted by atomic mass is 35.5. The van der Waals surface area contributed by atoms with Gasteiger partial charge in [0.05, 0.1) is 16.3 Å². The molecule has 0 saturated heterocycles. The van der Waals surface area contributed by atoms with Crippen molar-refractivity contribution in [2.45, 2.75) is 11.1 Å². The van der Waals surface area contributed by atoms with Gasteiger partial charge < -0.3 is 5.32 Å². The second kappa shape index (κ2) is 9.40. The first-order valence-electron chi connectivity index (χ1n) is 8.98. The number of hydrogen-bond acceptors (Lipinski definition) is 3.